The van der Waals surface area contributed by atoms with E-state index < -0.39 is 0 Å². The van der Waals surface area contributed by atoms with Crippen LogP contribution in [0.4, 0.5) is 0 Å². The van der Waals surface area contributed by atoms with Gasteiger partial charge in [0.1, 0.15) is 13.6 Å². The number of rotatable bonds is 3. The number of benzene rings is 2. The van der Waals surface area contributed by atoms with Gasteiger partial charge in [-0.15, -0.1) is 0 Å². The Labute approximate surface area is 120 Å². The van der Waals surface area contributed by atoms with Crippen LogP contribution in [0.5, 0.6) is 5.75 Å². The largest absolute Gasteiger partial charge is 0.496 e. The Morgan fingerprint density at radius 1 is 1.16 bits per heavy atom. The third-order valence-electron chi connectivity index (χ3n) is 3.25. The fraction of sp³-hybridized carbons (Fsp3) is 0.125. The predicted molar refractivity (Wildman–Crippen MR) is 85.5 cm³/mol. The van der Waals surface area contributed by atoms with Gasteiger partial charge in [-0.05, 0) is 47.4 Å². The van der Waals surface area contributed by atoms with Gasteiger partial charge in [0, 0.05) is 5.02 Å². The molecule has 96 valence electrons. The lowest BCUT2D eigenvalue weighted by molar-refractivity contribution is 0.411. The normalized spacial score (nSPS) is 10.3. The number of hydrogen-bond donors (Lipinski definition) is 0. The number of halogens is 1. The van der Waals surface area contributed by atoms with Crippen LogP contribution in [0.15, 0.2) is 43.0 Å². The van der Waals surface area contributed by atoms with Gasteiger partial charge in [0.05, 0.1) is 7.11 Å². The molecule has 2 aromatic rings. The summed E-state index contributed by atoms with van der Waals surface area (Å²) >= 11 is 6.05. The van der Waals surface area contributed by atoms with E-state index in [1.165, 1.54) is 0 Å². The Kier molecular flexibility index (Phi) is 4.01. The molecule has 0 saturated heterocycles. The molecule has 0 radical (unpaired) electrons. The van der Waals surface area contributed by atoms with Crippen molar-refractivity contribution in [1.82, 2.24) is 0 Å². The summed E-state index contributed by atoms with van der Waals surface area (Å²) in [6, 6.07) is 12.1. The van der Waals surface area contributed by atoms with Crippen molar-refractivity contribution in [2.45, 2.75) is 6.92 Å². The third-order valence-corrected chi connectivity index (χ3v) is 3.67. The summed E-state index contributed by atoms with van der Waals surface area (Å²) < 4.78 is 5.27. The van der Waals surface area contributed by atoms with Crippen LogP contribution in [0, 0.1) is 6.92 Å². The van der Waals surface area contributed by atoms with E-state index in [0.717, 1.165) is 38.5 Å². The summed E-state index contributed by atoms with van der Waals surface area (Å²) in [6.45, 7) is 6.21. The summed E-state index contributed by atoms with van der Waals surface area (Å²) in [5, 5.41) is 0.780. The number of methoxy groups -OCH3 is 1. The van der Waals surface area contributed by atoms with Crippen LogP contribution in [0.1, 0.15) is 16.7 Å². The van der Waals surface area contributed by atoms with Crippen molar-refractivity contribution in [2.75, 3.05) is 7.11 Å². The molecule has 0 bridgehead atoms. The predicted octanol–water partition coefficient (Wildman–Crippen LogP) is 2.98. The molecule has 0 saturated carbocycles. The van der Waals surface area contributed by atoms with Crippen molar-refractivity contribution in [3.63, 3.8) is 0 Å². The first-order chi connectivity index (χ1) is 9.02. The zero-order valence-corrected chi connectivity index (χ0v) is 12.2. The molecular formula is C16H16BClO. The van der Waals surface area contributed by atoms with Crippen molar-refractivity contribution in [3.8, 4) is 5.75 Å². The van der Waals surface area contributed by atoms with Crippen LogP contribution < -0.4 is 10.2 Å². The molecule has 0 aromatic heterocycles. The quantitative estimate of drug-likeness (QED) is 0.779. The van der Waals surface area contributed by atoms with E-state index in [1.807, 2.05) is 39.0 Å². The molecule has 0 heterocycles. The lowest BCUT2D eigenvalue weighted by atomic mass is 9.90. The van der Waals surface area contributed by atoms with E-state index in [4.69, 9.17) is 16.3 Å². The molecule has 3 heteroatoms. The van der Waals surface area contributed by atoms with Crippen LogP contribution in [-0.4, -0.2) is 15.0 Å². The molecule has 0 aliphatic carbocycles. The van der Waals surface area contributed by atoms with E-state index in [-0.39, 0.29) is 0 Å². The first kappa shape index (κ1) is 13.8. The van der Waals surface area contributed by atoms with Crippen LogP contribution >= 0.6 is 11.6 Å². The second-order valence-electron chi connectivity index (χ2n) is 4.63. The third kappa shape index (κ3) is 2.85. The maximum Gasteiger partial charge on any atom is 0.141 e. The first-order valence-electron chi connectivity index (χ1n) is 6.13. The minimum absolute atomic E-state index is 0.780. The van der Waals surface area contributed by atoms with E-state index >= 15 is 0 Å². The second-order valence-corrected chi connectivity index (χ2v) is 5.03. The topological polar surface area (TPSA) is 9.23 Å². The molecule has 19 heavy (non-hydrogen) atoms. The smallest absolute Gasteiger partial charge is 0.141 e. The average molecular weight is 271 g/mol. The highest BCUT2D eigenvalue weighted by atomic mass is 35.5. The van der Waals surface area contributed by atoms with Crippen molar-refractivity contribution < 1.29 is 4.74 Å². The fourth-order valence-corrected chi connectivity index (χ4v) is 2.18. The summed E-state index contributed by atoms with van der Waals surface area (Å²) in [7, 11) is 3.68. The van der Waals surface area contributed by atoms with E-state index in [2.05, 4.69) is 18.7 Å². The van der Waals surface area contributed by atoms with Crippen LogP contribution in [-0.2, 0) is 0 Å². The first-order valence-corrected chi connectivity index (χ1v) is 6.51. The highest BCUT2D eigenvalue weighted by Gasteiger charge is 2.06. The zero-order chi connectivity index (χ0) is 14.0. The minimum Gasteiger partial charge on any atom is -0.496 e. The molecule has 0 atom stereocenters. The van der Waals surface area contributed by atoms with Gasteiger partial charge < -0.3 is 4.74 Å². The summed E-state index contributed by atoms with van der Waals surface area (Å²) in [6.07, 6.45) is 0. The Morgan fingerprint density at radius 2 is 1.79 bits per heavy atom. The van der Waals surface area contributed by atoms with Crippen molar-refractivity contribution >= 4 is 30.5 Å². The number of hydrogen-bond acceptors (Lipinski definition) is 1. The molecule has 0 aliphatic rings. The minimum atomic E-state index is 0.780. The van der Waals surface area contributed by atoms with Crippen LogP contribution in [0.3, 0.4) is 0 Å². The lowest BCUT2D eigenvalue weighted by Crippen LogP contribution is -2.05. The SMILES string of the molecule is Bc1cc(C(=C)c2ccc(OC)c(C)c2)ccc1Cl. The molecule has 0 amide bonds. The summed E-state index contributed by atoms with van der Waals surface area (Å²) in [4.78, 5) is 0. The lowest BCUT2D eigenvalue weighted by Gasteiger charge is -2.11. The van der Waals surface area contributed by atoms with Crippen molar-refractivity contribution in [2.24, 2.45) is 0 Å². The Bertz CT molecular complexity index is 635. The van der Waals surface area contributed by atoms with Gasteiger partial charge in [-0.2, -0.15) is 0 Å². The van der Waals surface area contributed by atoms with Gasteiger partial charge >= 0.3 is 0 Å². The molecular weight excluding hydrogens is 254 g/mol. The standard InChI is InChI=1S/C16H16BClO/c1-10-8-12(5-7-16(10)19-3)11(2)13-4-6-15(18)14(17)9-13/h4-9H,2,17H2,1,3H3. The molecule has 2 aromatic carbocycles. The second kappa shape index (κ2) is 5.54. The molecule has 0 N–H and O–H groups in total. The van der Waals surface area contributed by atoms with Crippen LogP contribution in [0.2, 0.25) is 5.02 Å². The van der Waals surface area contributed by atoms with Gasteiger partial charge in [0.25, 0.3) is 0 Å². The van der Waals surface area contributed by atoms with Crippen molar-refractivity contribution in [1.29, 1.82) is 0 Å². The Morgan fingerprint density at radius 3 is 2.37 bits per heavy atom. The van der Waals surface area contributed by atoms with Crippen LogP contribution in [0.25, 0.3) is 5.57 Å². The molecule has 2 rings (SSSR count). The maximum atomic E-state index is 6.05. The van der Waals surface area contributed by atoms with Gasteiger partial charge in [0.15, 0.2) is 0 Å². The molecule has 0 unspecified atom stereocenters. The monoisotopic (exact) mass is 270 g/mol. The maximum absolute atomic E-state index is 6.05. The number of ether oxygens (including phenoxy) is 1. The summed E-state index contributed by atoms with van der Waals surface area (Å²) in [5.41, 5.74) is 5.34. The highest BCUT2D eigenvalue weighted by Crippen LogP contribution is 2.26. The molecule has 0 aliphatic heterocycles. The van der Waals surface area contributed by atoms with Gasteiger partial charge in [0.2, 0.25) is 0 Å². The summed E-state index contributed by atoms with van der Waals surface area (Å²) in [5.74, 6) is 0.892. The van der Waals surface area contributed by atoms with E-state index in [0.29, 0.717) is 0 Å². The fourth-order valence-electron chi connectivity index (χ4n) is 2.07. The van der Waals surface area contributed by atoms with E-state index in [9.17, 15) is 0 Å². The van der Waals surface area contributed by atoms with Gasteiger partial charge in [-0.1, -0.05) is 41.8 Å². The Hall–Kier alpha value is -1.67. The van der Waals surface area contributed by atoms with Gasteiger partial charge in [-0.3, -0.25) is 0 Å². The molecule has 0 spiro atoms. The molecule has 1 nitrogen and oxygen atoms in total. The van der Waals surface area contributed by atoms with Crippen molar-refractivity contribution in [3.05, 3.63) is 64.7 Å². The number of aryl methyl sites for hydroxylation is 1. The average Bonchev–Trinajstić information content (AvgIpc) is 2.41. The molecule has 0 fully saturated rings. The van der Waals surface area contributed by atoms with Gasteiger partial charge in [-0.25, -0.2) is 0 Å². The Balaban J connectivity index is 2.38. The van der Waals surface area contributed by atoms with E-state index in [1.54, 1.807) is 7.11 Å². The zero-order valence-electron chi connectivity index (χ0n) is 11.5. The highest BCUT2D eigenvalue weighted by molar-refractivity contribution is 6.45.